The molecule has 7 heteroatoms. The fourth-order valence-corrected chi connectivity index (χ4v) is 2.65. The molecule has 0 aliphatic carbocycles. The van der Waals surface area contributed by atoms with Gasteiger partial charge in [0.25, 0.3) is 0 Å². The monoisotopic (exact) mass is 321 g/mol. The Morgan fingerprint density at radius 1 is 1.09 bits per heavy atom. The lowest BCUT2D eigenvalue weighted by atomic mass is 10.1. The summed E-state index contributed by atoms with van der Waals surface area (Å²) < 4.78 is 25.0. The topological polar surface area (TPSA) is 82.5 Å². The summed E-state index contributed by atoms with van der Waals surface area (Å²) in [6, 6.07) is 10.7. The van der Waals surface area contributed by atoms with E-state index < -0.39 is 10.0 Å². The number of aromatic nitrogens is 1. The Bertz CT molecular complexity index is 711. The van der Waals surface area contributed by atoms with Crippen LogP contribution in [0.15, 0.2) is 47.5 Å². The molecule has 0 spiro atoms. The molecule has 0 bridgehead atoms. The molecule has 0 aliphatic heterocycles. The van der Waals surface area contributed by atoms with Crippen molar-refractivity contribution in [1.29, 1.82) is 0 Å². The van der Waals surface area contributed by atoms with Crippen molar-refractivity contribution in [1.82, 2.24) is 9.29 Å². The summed E-state index contributed by atoms with van der Waals surface area (Å²) in [4.78, 5) is 4.28. The number of hydrogen-bond acceptors (Lipinski definition) is 5. The van der Waals surface area contributed by atoms with Crippen LogP contribution >= 0.6 is 0 Å². The maximum atomic E-state index is 11.9. The molecular formula is C15H19N3O3S. The molecule has 1 aromatic carbocycles. The van der Waals surface area contributed by atoms with E-state index in [1.54, 1.807) is 6.07 Å². The van der Waals surface area contributed by atoms with E-state index in [1.165, 1.54) is 26.4 Å². The normalized spacial score (nSPS) is 11.6. The lowest BCUT2D eigenvalue weighted by molar-refractivity contribution is 0.282. The molecule has 0 atom stereocenters. The van der Waals surface area contributed by atoms with Gasteiger partial charge in [-0.2, -0.15) is 0 Å². The van der Waals surface area contributed by atoms with E-state index >= 15 is 0 Å². The van der Waals surface area contributed by atoms with Crippen molar-refractivity contribution in [2.45, 2.75) is 18.0 Å². The van der Waals surface area contributed by atoms with E-state index in [1.807, 2.05) is 24.3 Å². The minimum absolute atomic E-state index is 0.0249. The van der Waals surface area contributed by atoms with Crippen LogP contribution in [0, 0.1) is 0 Å². The van der Waals surface area contributed by atoms with Gasteiger partial charge in [-0.1, -0.05) is 24.3 Å². The van der Waals surface area contributed by atoms with Gasteiger partial charge in [-0.3, -0.25) is 0 Å². The van der Waals surface area contributed by atoms with Gasteiger partial charge in [0.15, 0.2) is 0 Å². The van der Waals surface area contributed by atoms with Crippen molar-refractivity contribution in [3.63, 3.8) is 0 Å². The Kier molecular flexibility index (Phi) is 5.12. The molecular weight excluding hydrogens is 302 g/mol. The average molecular weight is 321 g/mol. The number of nitrogens with one attached hydrogen (secondary N) is 1. The molecule has 1 aromatic heterocycles. The van der Waals surface area contributed by atoms with Crippen LogP contribution in [0.5, 0.6) is 0 Å². The second kappa shape index (κ2) is 6.87. The van der Waals surface area contributed by atoms with E-state index in [9.17, 15) is 8.42 Å². The zero-order valence-corrected chi connectivity index (χ0v) is 13.3. The van der Waals surface area contributed by atoms with E-state index in [2.05, 4.69) is 10.3 Å². The number of sulfonamides is 1. The van der Waals surface area contributed by atoms with E-state index in [0.29, 0.717) is 12.4 Å². The summed E-state index contributed by atoms with van der Waals surface area (Å²) in [5.74, 6) is 0.601. The van der Waals surface area contributed by atoms with Gasteiger partial charge in [0.2, 0.25) is 10.0 Å². The van der Waals surface area contributed by atoms with Gasteiger partial charge in [0, 0.05) is 26.8 Å². The number of pyridine rings is 1. The highest BCUT2D eigenvalue weighted by molar-refractivity contribution is 7.89. The summed E-state index contributed by atoms with van der Waals surface area (Å²) in [7, 11) is -0.482. The second-order valence-corrected chi connectivity index (χ2v) is 7.15. The number of anilines is 1. The van der Waals surface area contributed by atoms with Crippen LogP contribution in [0.1, 0.15) is 11.1 Å². The minimum atomic E-state index is -3.45. The standard InChI is InChI=1S/C15H19N3O3S/c1-18(2)22(20,21)14-7-8-15(17-10-14)16-9-12-3-5-13(11-19)6-4-12/h3-8,10,19H,9,11H2,1-2H3,(H,16,17). The van der Waals surface area contributed by atoms with E-state index in [0.717, 1.165) is 15.4 Å². The Hall–Kier alpha value is -1.96. The van der Waals surface area contributed by atoms with Gasteiger partial charge in [-0.05, 0) is 23.3 Å². The van der Waals surface area contributed by atoms with Gasteiger partial charge in [0.1, 0.15) is 10.7 Å². The van der Waals surface area contributed by atoms with Crippen molar-refractivity contribution < 1.29 is 13.5 Å². The van der Waals surface area contributed by atoms with Crippen molar-refractivity contribution >= 4 is 15.8 Å². The highest BCUT2D eigenvalue weighted by atomic mass is 32.2. The SMILES string of the molecule is CN(C)S(=O)(=O)c1ccc(NCc2ccc(CO)cc2)nc1. The number of benzene rings is 1. The van der Waals surface area contributed by atoms with E-state index in [4.69, 9.17) is 5.11 Å². The first-order valence-corrected chi connectivity index (χ1v) is 8.18. The molecule has 0 saturated carbocycles. The fraction of sp³-hybridized carbons (Fsp3) is 0.267. The smallest absolute Gasteiger partial charge is 0.244 e. The van der Waals surface area contributed by atoms with Crippen LogP contribution in [0.4, 0.5) is 5.82 Å². The van der Waals surface area contributed by atoms with Crippen molar-refractivity contribution in [2.75, 3.05) is 19.4 Å². The maximum Gasteiger partial charge on any atom is 0.244 e. The molecule has 1 heterocycles. The van der Waals surface area contributed by atoms with Crippen LogP contribution in [0.3, 0.4) is 0 Å². The van der Waals surface area contributed by atoms with Crippen LogP contribution in [0.2, 0.25) is 0 Å². The number of rotatable bonds is 6. The minimum Gasteiger partial charge on any atom is -0.392 e. The molecule has 118 valence electrons. The molecule has 22 heavy (non-hydrogen) atoms. The Morgan fingerprint density at radius 3 is 2.23 bits per heavy atom. The Balaban J connectivity index is 2.02. The summed E-state index contributed by atoms with van der Waals surface area (Å²) in [6.07, 6.45) is 1.34. The van der Waals surface area contributed by atoms with E-state index in [-0.39, 0.29) is 11.5 Å². The zero-order chi connectivity index (χ0) is 16.2. The highest BCUT2D eigenvalue weighted by Crippen LogP contribution is 2.14. The third-order valence-electron chi connectivity index (χ3n) is 3.19. The van der Waals surface area contributed by atoms with Crippen LogP contribution in [-0.2, 0) is 23.2 Å². The molecule has 0 radical (unpaired) electrons. The molecule has 2 aromatic rings. The first-order valence-electron chi connectivity index (χ1n) is 6.74. The van der Waals surface area contributed by atoms with Crippen LogP contribution in [-0.4, -0.2) is 36.9 Å². The Labute approximate surface area is 130 Å². The molecule has 0 unspecified atom stereocenters. The third kappa shape index (κ3) is 3.82. The number of aliphatic hydroxyl groups excluding tert-OH is 1. The molecule has 2 N–H and O–H groups in total. The molecule has 0 aliphatic rings. The van der Waals surface area contributed by atoms with Crippen LogP contribution < -0.4 is 5.32 Å². The lowest BCUT2D eigenvalue weighted by Crippen LogP contribution is -2.22. The van der Waals surface area contributed by atoms with Gasteiger partial charge >= 0.3 is 0 Å². The predicted molar refractivity (Wildman–Crippen MR) is 84.8 cm³/mol. The summed E-state index contributed by atoms with van der Waals surface area (Å²) >= 11 is 0. The Morgan fingerprint density at radius 2 is 1.73 bits per heavy atom. The van der Waals surface area contributed by atoms with Crippen molar-refractivity contribution in [3.05, 3.63) is 53.7 Å². The number of nitrogens with zero attached hydrogens (tertiary/aromatic N) is 2. The van der Waals surface area contributed by atoms with Gasteiger partial charge in [0.05, 0.1) is 6.61 Å². The highest BCUT2D eigenvalue weighted by Gasteiger charge is 2.17. The predicted octanol–water partition coefficient (Wildman–Crippen LogP) is 1.44. The van der Waals surface area contributed by atoms with Gasteiger partial charge in [-0.25, -0.2) is 17.7 Å². The maximum absolute atomic E-state index is 11.9. The van der Waals surface area contributed by atoms with Crippen LogP contribution in [0.25, 0.3) is 0 Å². The van der Waals surface area contributed by atoms with Gasteiger partial charge < -0.3 is 10.4 Å². The average Bonchev–Trinajstić information content (AvgIpc) is 2.53. The third-order valence-corrected chi connectivity index (χ3v) is 4.99. The van der Waals surface area contributed by atoms with Crippen molar-refractivity contribution in [2.24, 2.45) is 0 Å². The summed E-state index contributed by atoms with van der Waals surface area (Å²) in [5.41, 5.74) is 1.91. The fourth-order valence-electron chi connectivity index (χ4n) is 1.80. The van der Waals surface area contributed by atoms with Gasteiger partial charge in [-0.15, -0.1) is 0 Å². The first-order chi connectivity index (χ1) is 10.4. The quantitative estimate of drug-likeness (QED) is 0.841. The van der Waals surface area contributed by atoms with Crippen molar-refractivity contribution in [3.8, 4) is 0 Å². The number of aliphatic hydroxyl groups is 1. The second-order valence-electron chi connectivity index (χ2n) is 4.99. The molecule has 0 saturated heterocycles. The zero-order valence-electron chi connectivity index (χ0n) is 12.5. The summed E-state index contributed by atoms with van der Waals surface area (Å²) in [6.45, 7) is 0.593. The molecule has 2 rings (SSSR count). The molecule has 0 amide bonds. The lowest BCUT2D eigenvalue weighted by Gasteiger charge is -2.11. The molecule has 0 fully saturated rings. The summed E-state index contributed by atoms with van der Waals surface area (Å²) in [5, 5.41) is 12.1. The molecule has 6 nitrogen and oxygen atoms in total. The number of hydrogen-bond donors (Lipinski definition) is 2. The first kappa shape index (κ1) is 16.4. The largest absolute Gasteiger partial charge is 0.392 e.